The van der Waals surface area contributed by atoms with Gasteiger partial charge in [0, 0.05) is 11.2 Å². The minimum atomic E-state index is -2.96. The van der Waals surface area contributed by atoms with Gasteiger partial charge in [0.25, 0.3) is 0 Å². The summed E-state index contributed by atoms with van der Waals surface area (Å²) < 4.78 is 22.8. The van der Waals surface area contributed by atoms with Gasteiger partial charge in [-0.2, -0.15) is 0 Å². The largest absolute Gasteiger partial charge is 0.497 e. The molecule has 0 aliphatic rings. The minimum absolute atomic E-state index is 0.460. The maximum absolute atomic E-state index is 12.4. The fourth-order valence-electron chi connectivity index (χ4n) is 1.51. The molecule has 3 nitrogen and oxygen atoms in total. The molecule has 0 saturated carbocycles. The minimum Gasteiger partial charge on any atom is -0.497 e. The molecule has 0 fully saturated rings. The van der Waals surface area contributed by atoms with Crippen LogP contribution in [-0.2, 0) is 20.0 Å². The second kappa shape index (κ2) is 5.59. The number of methoxy groups -OCH3 is 1. The van der Waals surface area contributed by atoms with E-state index < -0.39 is 8.77 Å². The van der Waals surface area contributed by atoms with E-state index in [2.05, 4.69) is 0 Å². The van der Waals surface area contributed by atoms with Gasteiger partial charge in [-0.15, -0.1) is 0 Å². The Hall–Kier alpha value is -1.59. The van der Waals surface area contributed by atoms with Gasteiger partial charge in [0.15, 0.2) is 0 Å². The molecule has 0 N–H and O–H groups in total. The van der Waals surface area contributed by atoms with Crippen LogP contribution in [-0.4, -0.2) is 11.3 Å². The lowest BCUT2D eigenvalue weighted by molar-refractivity contribution is 0.414. The molecular weight excluding hydrogens is 280 g/mol. The van der Waals surface area contributed by atoms with Crippen molar-refractivity contribution in [1.29, 1.82) is 0 Å². The molecule has 5 heteroatoms. The molecule has 19 heavy (non-hydrogen) atoms. The lowest BCUT2D eigenvalue weighted by Gasteiger charge is -2.10. The predicted octanol–water partition coefficient (Wildman–Crippen LogP) is 3.10. The highest BCUT2D eigenvalue weighted by atomic mass is 32.8. The average Bonchev–Trinajstić information content (AvgIpc) is 2.40. The van der Waals surface area contributed by atoms with Crippen LogP contribution in [0.4, 0.5) is 0 Å². The normalized spacial score (nSPS) is 13.6. The summed E-state index contributed by atoms with van der Waals surface area (Å²) in [7, 11) is -1.38. The Morgan fingerprint density at radius 1 is 0.947 bits per heavy atom. The van der Waals surface area contributed by atoms with E-state index in [1.165, 1.54) is 0 Å². The highest BCUT2D eigenvalue weighted by molar-refractivity contribution is 8.30. The maximum Gasteiger partial charge on any atom is 0.215 e. The van der Waals surface area contributed by atoms with Crippen molar-refractivity contribution in [3.8, 4) is 11.5 Å². The first-order chi connectivity index (χ1) is 9.01. The molecule has 2 aromatic carbocycles. The number of hydrogen-bond acceptors (Lipinski definition) is 4. The van der Waals surface area contributed by atoms with Crippen LogP contribution in [0.5, 0.6) is 11.5 Å². The zero-order chi connectivity index (χ0) is 13.9. The zero-order valence-corrected chi connectivity index (χ0v) is 12.3. The van der Waals surface area contributed by atoms with Crippen LogP contribution < -0.4 is 8.92 Å². The van der Waals surface area contributed by atoms with Gasteiger partial charge in [-0.25, -0.2) is 4.21 Å². The summed E-state index contributed by atoms with van der Waals surface area (Å²) in [6, 6.07) is 14.0. The van der Waals surface area contributed by atoms with Gasteiger partial charge in [0.05, 0.1) is 12.0 Å². The smallest absolute Gasteiger partial charge is 0.215 e. The number of aryl methyl sites for hydroxylation is 1. The number of hydrogen-bond donors (Lipinski definition) is 0. The summed E-state index contributed by atoms with van der Waals surface area (Å²) in [4.78, 5) is 0.504. The lowest BCUT2D eigenvalue weighted by Crippen LogP contribution is -2.08. The Morgan fingerprint density at radius 3 is 2.00 bits per heavy atom. The van der Waals surface area contributed by atoms with Crippen molar-refractivity contribution in [3.05, 3.63) is 54.1 Å². The van der Waals surface area contributed by atoms with E-state index in [-0.39, 0.29) is 0 Å². The van der Waals surface area contributed by atoms with Gasteiger partial charge in [-0.3, -0.25) is 0 Å². The van der Waals surface area contributed by atoms with Crippen LogP contribution in [0.25, 0.3) is 0 Å². The molecule has 100 valence electrons. The third-order valence-electron chi connectivity index (χ3n) is 2.58. The van der Waals surface area contributed by atoms with Crippen LogP contribution in [0.1, 0.15) is 5.56 Å². The van der Waals surface area contributed by atoms with Gasteiger partial charge in [-0.05, 0) is 43.3 Å². The van der Waals surface area contributed by atoms with E-state index in [1.54, 1.807) is 43.5 Å². The fraction of sp³-hybridized carbons (Fsp3) is 0.143. The second-order valence-electron chi connectivity index (χ2n) is 4.03. The van der Waals surface area contributed by atoms with Gasteiger partial charge < -0.3 is 8.92 Å². The highest BCUT2D eigenvalue weighted by Crippen LogP contribution is 2.22. The third-order valence-corrected chi connectivity index (χ3v) is 4.62. The van der Waals surface area contributed by atoms with E-state index in [0.717, 1.165) is 5.56 Å². The van der Waals surface area contributed by atoms with Crippen LogP contribution in [0.3, 0.4) is 0 Å². The van der Waals surface area contributed by atoms with Crippen molar-refractivity contribution < 1.29 is 13.1 Å². The van der Waals surface area contributed by atoms with E-state index in [9.17, 15) is 4.21 Å². The van der Waals surface area contributed by atoms with Gasteiger partial charge >= 0.3 is 0 Å². The molecule has 0 saturated heterocycles. The Labute approximate surface area is 118 Å². The highest BCUT2D eigenvalue weighted by Gasteiger charge is 2.12. The molecule has 1 unspecified atom stereocenters. The Kier molecular flexibility index (Phi) is 4.07. The molecule has 2 rings (SSSR count). The van der Waals surface area contributed by atoms with Crippen molar-refractivity contribution in [3.63, 3.8) is 0 Å². The van der Waals surface area contributed by atoms with E-state index in [1.807, 2.05) is 19.1 Å². The first-order valence-electron chi connectivity index (χ1n) is 5.66. The molecule has 0 aliphatic heterocycles. The van der Waals surface area contributed by atoms with Crippen LogP contribution in [0.15, 0.2) is 53.4 Å². The van der Waals surface area contributed by atoms with Gasteiger partial charge in [-0.1, -0.05) is 17.7 Å². The van der Waals surface area contributed by atoms with Crippen molar-refractivity contribution >= 4 is 20.0 Å². The summed E-state index contributed by atoms with van der Waals surface area (Å²) in [5, 5.41) is 0. The van der Waals surface area contributed by atoms with E-state index >= 15 is 0 Å². The molecule has 2 aromatic rings. The lowest BCUT2D eigenvalue weighted by atomic mass is 10.2. The quantitative estimate of drug-likeness (QED) is 0.868. The molecule has 0 aromatic heterocycles. The number of rotatable bonds is 4. The molecule has 0 spiro atoms. The van der Waals surface area contributed by atoms with E-state index in [0.29, 0.717) is 16.4 Å². The summed E-state index contributed by atoms with van der Waals surface area (Å²) in [6.07, 6.45) is 0. The monoisotopic (exact) mass is 294 g/mol. The molecular formula is C14H14O3S2. The average molecular weight is 294 g/mol. The number of benzene rings is 2. The molecule has 0 aliphatic carbocycles. The SMILES string of the molecule is COc1ccc(OS(=O)(=S)c2ccc(C)cc2)cc1. The Bertz CT molecular complexity index is 644. The fourth-order valence-corrected chi connectivity index (χ4v) is 3.01. The Balaban J connectivity index is 2.23. The first kappa shape index (κ1) is 13.8. The third kappa shape index (κ3) is 3.45. The van der Waals surface area contributed by atoms with Gasteiger partial charge in [0.2, 0.25) is 8.77 Å². The van der Waals surface area contributed by atoms with Crippen LogP contribution in [0.2, 0.25) is 0 Å². The van der Waals surface area contributed by atoms with E-state index in [4.69, 9.17) is 20.1 Å². The summed E-state index contributed by atoms with van der Waals surface area (Å²) in [6.45, 7) is 1.96. The predicted molar refractivity (Wildman–Crippen MR) is 78.6 cm³/mol. The topological polar surface area (TPSA) is 35.5 Å². The van der Waals surface area contributed by atoms with Crippen molar-refractivity contribution in [2.24, 2.45) is 0 Å². The standard InChI is InChI=1S/C14H14O3S2/c1-11-3-9-14(10-4-11)19(15,18)17-13-7-5-12(16-2)6-8-13/h3-10H,1-2H3. The second-order valence-corrected chi connectivity index (χ2v) is 6.89. The zero-order valence-electron chi connectivity index (χ0n) is 10.7. The Morgan fingerprint density at radius 2 is 1.47 bits per heavy atom. The molecule has 0 heterocycles. The summed E-state index contributed by atoms with van der Waals surface area (Å²) >= 11 is 5.07. The summed E-state index contributed by atoms with van der Waals surface area (Å²) in [5.74, 6) is 1.17. The summed E-state index contributed by atoms with van der Waals surface area (Å²) in [5.41, 5.74) is 1.08. The molecule has 1 atom stereocenters. The van der Waals surface area contributed by atoms with Crippen molar-refractivity contribution in [2.45, 2.75) is 11.8 Å². The maximum atomic E-state index is 12.4. The van der Waals surface area contributed by atoms with Crippen LogP contribution in [0, 0.1) is 6.92 Å². The molecule has 0 amide bonds. The van der Waals surface area contributed by atoms with Crippen molar-refractivity contribution in [2.75, 3.05) is 7.11 Å². The number of ether oxygens (including phenoxy) is 1. The molecule has 0 bridgehead atoms. The first-order valence-corrected chi connectivity index (χ1v) is 8.07. The van der Waals surface area contributed by atoms with Crippen LogP contribution >= 0.6 is 0 Å². The van der Waals surface area contributed by atoms with Crippen molar-refractivity contribution in [1.82, 2.24) is 0 Å². The molecule has 0 radical (unpaired) electrons. The van der Waals surface area contributed by atoms with Gasteiger partial charge in [0.1, 0.15) is 11.5 Å².